The maximum absolute atomic E-state index is 12.5. The van der Waals surface area contributed by atoms with Crippen molar-refractivity contribution in [1.29, 1.82) is 0 Å². The molecule has 0 saturated carbocycles. The summed E-state index contributed by atoms with van der Waals surface area (Å²) in [6.45, 7) is 6.60. The molecule has 30 heavy (non-hydrogen) atoms. The van der Waals surface area contributed by atoms with Gasteiger partial charge in [-0.25, -0.2) is 4.79 Å². The molecule has 0 spiro atoms. The summed E-state index contributed by atoms with van der Waals surface area (Å²) in [5.74, 6) is -0.326. The van der Waals surface area contributed by atoms with Crippen LogP contribution in [-0.4, -0.2) is 41.6 Å². The van der Waals surface area contributed by atoms with Gasteiger partial charge in [-0.15, -0.1) is 0 Å². The van der Waals surface area contributed by atoms with Crippen LogP contribution >= 0.6 is 11.6 Å². The van der Waals surface area contributed by atoms with Gasteiger partial charge in [-0.05, 0) is 50.6 Å². The highest BCUT2D eigenvalue weighted by Gasteiger charge is 2.12. The predicted molar refractivity (Wildman–Crippen MR) is 117 cm³/mol. The van der Waals surface area contributed by atoms with E-state index in [0.29, 0.717) is 40.7 Å². The number of carboxylic acids is 1. The molecule has 0 aliphatic rings. The highest BCUT2D eigenvalue weighted by Crippen LogP contribution is 2.26. The molecule has 0 heterocycles. The molecule has 160 valence electrons. The van der Waals surface area contributed by atoms with Gasteiger partial charge in [0.1, 0.15) is 18.1 Å². The van der Waals surface area contributed by atoms with Gasteiger partial charge < -0.3 is 19.5 Å². The normalized spacial score (nSPS) is 11.1. The molecule has 2 aromatic carbocycles. The van der Waals surface area contributed by atoms with E-state index in [-0.39, 0.29) is 12.5 Å². The highest BCUT2D eigenvalue weighted by molar-refractivity contribution is 6.31. The lowest BCUT2D eigenvalue weighted by atomic mass is 10.1. The Morgan fingerprint density at radius 2 is 1.70 bits per heavy atom. The van der Waals surface area contributed by atoms with Gasteiger partial charge in [-0.3, -0.25) is 4.79 Å². The fourth-order valence-electron chi connectivity index (χ4n) is 2.84. The zero-order valence-corrected chi connectivity index (χ0v) is 18.1. The Balaban J connectivity index is 2.29. The van der Waals surface area contributed by atoms with Gasteiger partial charge in [-0.2, -0.15) is 0 Å². The Morgan fingerprint density at radius 1 is 1.07 bits per heavy atom. The van der Waals surface area contributed by atoms with Crippen LogP contribution in [0.4, 0.5) is 0 Å². The van der Waals surface area contributed by atoms with E-state index in [4.69, 9.17) is 26.2 Å². The van der Waals surface area contributed by atoms with Crippen molar-refractivity contribution in [3.8, 4) is 11.5 Å². The summed E-state index contributed by atoms with van der Waals surface area (Å²) in [6, 6.07) is 12.4. The van der Waals surface area contributed by atoms with E-state index in [9.17, 15) is 9.59 Å². The second kappa shape index (κ2) is 11.3. The number of rotatable bonds is 10. The predicted octanol–water partition coefficient (Wildman–Crippen LogP) is 4.65. The number of ether oxygens (including phenoxy) is 2. The molecule has 0 aliphatic carbocycles. The summed E-state index contributed by atoms with van der Waals surface area (Å²) < 4.78 is 11.2. The molecule has 0 radical (unpaired) electrons. The molecule has 0 aromatic heterocycles. The van der Waals surface area contributed by atoms with Crippen molar-refractivity contribution >= 4 is 29.6 Å². The van der Waals surface area contributed by atoms with Crippen molar-refractivity contribution in [2.45, 2.75) is 27.4 Å². The van der Waals surface area contributed by atoms with E-state index in [1.807, 2.05) is 32.0 Å². The number of aliphatic carboxylic acids is 1. The van der Waals surface area contributed by atoms with Gasteiger partial charge >= 0.3 is 5.97 Å². The summed E-state index contributed by atoms with van der Waals surface area (Å²) >= 11 is 6.18. The number of carbonyl (C=O) groups excluding carboxylic acids is 1. The van der Waals surface area contributed by atoms with E-state index in [1.54, 1.807) is 42.2 Å². The molecule has 2 aromatic rings. The molecule has 0 bridgehead atoms. The molecule has 2 rings (SSSR count). The van der Waals surface area contributed by atoms with E-state index < -0.39 is 12.6 Å². The van der Waals surface area contributed by atoms with Crippen LogP contribution in [0.5, 0.6) is 11.5 Å². The van der Waals surface area contributed by atoms with Gasteiger partial charge in [0.05, 0.1) is 0 Å². The number of nitrogens with zero attached hydrogens (tertiary/aromatic N) is 1. The van der Waals surface area contributed by atoms with E-state index >= 15 is 0 Å². The second-order valence-electron chi connectivity index (χ2n) is 6.61. The van der Waals surface area contributed by atoms with E-state index in [2.05, 4.69) is 0 Å². The van der Waals surface area contributed by atoms with Crippen molar-refractivity contribution in [2.75, 3.05) is 19.7 Å². The molecular weight excluding hydrogens is 406 g/mol. The van der Waals surface area contributed by atoms with Crippen LogP contribution in [0.2, 0.25) is 5.02 Å². The van der Waals surface area contributed by atoms with Gasteiger partial charge in [0.2, 0.25) is 5.91 Å². The number of benzene rings is 2. The molecule has 0 aliphatic heterocycles. The topological polar surface area (TPSA) is 76.1 Å². The van der Waals surface area contributed by atoms with Crippen molar-refractivity contribution in [3.63, 3.8) is 0 Å². The van der Waals surface area contributed by atoms with Crippen molar-refractivity contribution in [2.24, 2.45) is 0 Å². The molecule has 6 nitrogen and oxygen atoms in total. The lowest BCUT2D eigenvalue weighted by Gasteiger charge is -2.19. The molecule has 1 N–H and O–H groups in total. The number of hydrogen-bond donors (Lipinski definition) is 1. The lowest BCUT2D eigenvalue weighted by molar-refractivity contribution is -0.139. The first-order valence-corrected chi connectivity index (χ1v) is 10.0. The Hall–Kier alpha value is -2.99. The summed E-state index contributed by atoms with van der Waals surface area (Å²) in [7, 11) is 0. The summed E-state index contributed by atoms with van der Waals surface area (Å²) in [5.41, 5.74) is 2.05. The van der Waals surface area contributed by atoms with Crippen LogP contribution < -0.4 is 9.47 Å². The fourth-order valence-corrected chi connectivity index (χ4v) is 3.03. The number of carbonyl (C=O) groups is 2. The molecular formula is C23H26ClNO5. The standard InChI is InChI=1S/C23H26ClNO5/c1-4-25(5-2)23(28)16(3)10-17-11-19(13-20(12-17)30-15-22(26)27)29-14-18-8-6-7-9-21(18)24/h6-13H,4-5,14-15H2,1-3H3,(H,26,27)/b16-10-. The maximum atomic E-state index is 12.5. The largest absolute Gasteiger partial charge is 0.489 e. The minimum Gasteiger partial charge on any atom is -0.489 e. The quantitative estimate of drug-likeness (QED) is 0.554. The SMILES string of the molecule is CCN(CC)C(=O)/C(C)=C\c1cc(OCC(=O)O)cc(OCc2ccccc2Cl)c1. The third-order valence-electron chi connectivity index (χ3n) is 4.39. The van der Waals surface area contributed by atoms with Crippen LogP contribution in [0.15, 0.2) is 48.0 Å². The van der Waals surface area contributed by atoms with E-state index in [1.165, 1.54) is 0 Å². The van der Waals surface area contributed by atoms with Crippen molar-refractivity contribution in [1.82, 2.24) is 4.90 Å². The van der Waals surface area contributed by atoms with Crippen LogP contribution in [0, 0.1) is 0 Å². The van der Waals surface area contributed by atoms with Gasteiger partial charge in [0.25, 0.3) is 0 Å². The molecule has 0 fully saturated rings. The third-order valence-corrected chi connectivity index (χ3v) is 4.76. The van der Waals surface area contributed by atoms with Crippen LogP contribution in [0.1, 0.15) is 31.9 Å². The van der Waals surface area contributed by atoms with Crippen LogP contribution in [-0.2, 0) is 16.2 Å². The average Bonchev–Trinajstić information content (AvgIpc) is 2.72. The summed E-state index contributed by atoms with van der Waals surface area (Å²) in [4.78, 5) is 25.1. The Labute approximate surface area is 181 Å². The monoisotopic (exact) mass is 431 g/mol. The smallest absolute Gasteiger partial charge is 0.341 e. The zero-order chi connectivity index (χ0) is 22.1. The third kappa shape index (κ3) is 6.81. The number of halogens is 1. The highest BCUT2D eigenvalue weighted by atomic mass is 35.5. The zero-order valence-electron chi connectivity index (χ0n) is 17.4. The maximum Gasteiger partial charge on any atom is 0.341 e. The Bertz CT molecular complexity index is 922. The number of carboxylic acid groups (broad SMARTS) is 1. The van der Waals surface area contributed by atoms with Crippen LogP contribution in [0.25, 0.3) is 6.08 Å². The minimum atomic E-state index is -1.08. The first-order valence-electron chi connectivity index (χ1n) is 9.67. The van der Waals surface area contributed by atoms with E-state index in [0.717, 1.165) is 5.56 Å². The molecule has 0 unspecified atom stereocenters. The molecule has 0 atom stereocenters. The van der Waals surface area contributed by atoms with Gasteiger partial charge in [-0.1, -0.05) is 29.8 Å². The lowest BCUT2D eigenvalue weighted by Crippen LogP contribution is -2.30. The summed E-state index contributed by atoms with van der Waals surface area (Å²) in [5, 5.41) is 9.49. The molecule has 7 heteroatoms. The number of hydrogen-bond acceptors (Lipinski definition) is 4. The number of likely N-dealkylation sites (N-methyl/N-ethyl adjacent to an activating group) is 1. The average molecular weight is 432 g/mol. The second-order valence-corrected chi connectivity index (χ2v) is 7.01. The molecule has 0 saturated heterocycles. The van der Waals surface area contributed by atoms with Gasteiger partial charge in [0.15, 0.2) is 6.61 Å². The van der Waals surface area contributed by atoms with Crippen molar-refractivity contribution in [3.05, 3.63) is 64.2 Å². The molecule has 1 amide bonds. The number of amides is 1. The Morgan fingerprint density at radius 3 is 2.30 bits per heavy atom. The van der Waals surface area contributed by atoms with Crippen molar-refractivity contribution < 1.29 is 24.2 Å². The Kier molecular flexibility index (Phi) is 8.74. The van der Waals surface area contributed by atoms with Gasteiger partial charge in [0, 0.05) is 35.3 Å². The minimum absolute atomic E-state index is 0.0598. The summed E-state index contributed by atoms with van der Waals surface area (Å²) in [6.07, 6.45) is 1.73. The first-order chi connectivity index (χ1) is 14.3. The fraction of sp³-hybridized carbons (Fsp3) is 0.304. The first kappa shape index (κ1) is 23.3. The van der Waals surface area contributed by atoms with Crippen LogP contribution in [0.3, 0.4) is 0 Å².